The summed E-state index contributed by atoms with van der Waals surface area (Å²) in [4.78, 5) is 10.8. The summed E-state index contributed by atoms with van der Waals surface area (Å²) >= 11 is 5.26. The Kier molecular flexibility index (Phi) is 2.81. The first-order valence-electron chi connectivity index (χ1n) is 3.28. The Morgan fingerprint density at radius 3 is 2.67 bits per heavy atom. The molecule has 0 aromatic heterocycles. The molecule has 1 aromatic carbocycles. The van der Waals surface area contributed by atoms with Gasteiger partial charge in [-0.05, 0) is 41.5 Å². The molecule has 4 heteroatoms. The summed E-state index contributed by atoms with van der Waals surface area (Å²) in [6, 6.07) is 2.71. The predicted molar refractivity (Wildman–Crippen MR) is 50.7 cm³/mol. The van der Waals surface area contributed by atoms with Gasteiger partial charge in [0.15, 0.2) is 0 Å². The monoisotopic (exact) mass is 204 g/mol. The minimum absolute atomic E-state index is 0.332. The highest BCUT2D eigenvalue weighted by molar-refractivity contribution is 7.27. The van der Waals surface area contributed by atoms with Crippen molar-refractivity contribution in [3.05, 3.63) is 29.1 Å². The molecular formula is C8H7ClFOP. The van der Waals surface area contributed by atoms with Crippen LogP contribution in [0.15, 0.2) is 12.1 Å². The molecule has 1 atom stereocenters. The smallest absolute Gasteiger partial charge is 0.253 e. The van der Waals surface area contributed by atoms with Gasteiger partial charge in [-0.15, -0.1) is 9.24 Å². The van der Waals surface area contributed by atoms with Crippen molar-refractivity contribution < 1.29 is 9.18 Å². The lowest BCUT2D eigenvalue weighted by Crippen LogP contribution is -2.07. The van der Waals surface area contributed by atoms with E-state index in [1.807, 2.05) is 0 Å². The van der Waals surface area contributed by atoms with Crippen molar-refractivity contribution in [1.29, 1.82) is 0 Å². The summed E-state index contributed by atoms with van der Waals surface area (Å²) in [6.45, 7) is 1.59. The fourth-order valence-electron chi connectivity index (χ4n) is 0.867. The van der Waals surface area contributed by atoms with Crippen molar-refractivity contribution in [2.75, 3.05) is 0 Å². The van der Waals surface area contributed by atoms with Crippen molar-refractivity contribution in [3.63, 3.8) is 0 Å². The van der Waals surface area contributed by atoms with Crippen LogP contribution in [-0.2, 0) is 0 Å². The van der Waals surface area contributed by atoms with Gasteiger partial charge in [-0.3, -0.25) is 4.79 Å². The second-order valence-electron chi connectivity index (χ2n) is 2.46. The van der Waals surface area contributed by atoms with Crippen molar-refractivity contribution in [1.82, 2.24) is 0 Å². The molecule has 0 aliphatic rings. The summed E-state index contributed by atoms with van der Waals surface area (Å²) in [5.74, 6) is -0.332. The standard InChI is InChI=1S/C8H7ClFOP/c1-4-2-5(8(9)11)7(12)3-6(4)10/h2-3H,12H2,1H3. The second kappa shape index (κ2) is 3.51. The maximum Gasteiger partial charge on any atom is 0.253 e. The SMILES string of the molecule is Cc1cc(C(=O)Cl)c(P)cc1F. The molecule has 0 saturated heterocycles. The third-order valence-electron chi connectivity index (χ3n) is 1.54. The number of aryl methyl sites for hydroxylation is 1. The molecule has 1 rings (SSSR count). The Bertz CT molecular complexity index is 338. The van der Waals surface area contributed by atoms with Crippen LogP contribution in [0.25, 0.3) is 0 Å². The van der Waals surface area contributed by atoms with Gasteiger partial charge in [0.05, 0.1) is 0 Å². The lowest BCUT2D eigenvalue weighted by molar-refractivity contribution is 0.108. The van der Waals surface area contributed by atoms with Crippen molar-refractivity contribution in [2.24, 2.45) is 0 Å². The van der Waals surface area contributed by atoms with Crippen molar-refractivity contribution in [3.8, 4) is 0 Å². The van der Waals surface area contributed by atoms with E-state index in [0.29, 0.717) is 16.4 Å². The molecule has 0 heterocycles. The van der Waals surface area contributed by atoms with E-state index in [1.165, 1.54) is 12.1 Å². The van der Waals surface area contributed by atoms with Crippen LogP contribution in [0.5, 0.6) is 0 Å². The number of hydrogen-bond donors (Lipinski definition) is 0. The third-order valence-corrected chi connectivity index (χ3v) is 2.22. The van der Waals surface area contributed by atoms with Gasteiger partial charge in [0.25, 0.3) is 5.24 Å². The van der Waals surface area contributed by atoms with Crippen LogP contribution in [0.3, 0.4) is 0 Å². The average Bonchev–Trinajstić information content (AvgIpc) is 1.96. The lowest BCUT2D eigenvalue weighted by atomic mass is 10.1. The first-order chi connectivity index (χ1) is 5.52. The molecule has 0 bridgehead atoms. The minimum Gasteiger partial charge on any atom is -0.276 e. The highest BCUT2D eigenvalue weighted by atomic mass is 35.5. The molecule has 1 nitrogen and oxygen atoms in total. The molecule has 1 unspecified atom stereocenters. The Labute approximate surface area is 77.1 Å². The Hall–Kier alpha value is -0.460. The fourth-order valence-corrected chi connectivity index (χ4v) is 1.48. The van der Waals surface area contributed by atoms with Crippen LogP contribution in [0.4, 0.5) is 4.39 Å². The molecule has 64 valence electrons. The highest BCUT2D eigenvalue weighted by Gasteiger charge is 2.08. The predicted octanol–water partition coefficient (Wildman–Crippen LogP) is 2.01. The van der Waals surface area contributed by atoms with E-state index in [9.17, 15) is 9.18 Å². The molecule has 1 aromatic rings. The topological polar surface area (TPSA) is 17.1 Å². The minimum atomic E-state index is -0.567. The maximum atomic E-state index is 12.9. The normalized spacial score (nSPS) is 10.0. The molecule has 0 N–H and O–H groups in total. The second-order valence-corrected chi connectivity index (χ2v) is 3.43. The zero-order valence-corrected chi connectivity index (χ0v) is 8.31. The highest BCUT2D eigenvalue weighted by Crippen LogP contribution is 2.11. The van der Waals surface area contributed by atoms with Gasteiger partial charge in [0, 0.05) is 5.56 Å². The Morgan fingerprint density at radius 2 is 2.17 bits per heavy atom. The summed E-state index contributed by atoms with van der Waals surface area (Å²) in [5.41, 5.74) is 0.755. The van der Waals surface area contributed by atoms with E-state index in [0.717, 1.165) is 0 Å². The number of carbonyl (C=O) groups excluding carboxylic acids is 1. The van der Waals surface area contributed by atoms with E-state index in [-0.39, 0.29) is 5.82 Å². The van der Waals surface area contributed by atoms with Crippen molar-refractivity contribution >= 4 is 31.4 Å². The van der Waals surface area contributed by atoms with Gasteiger partial charge < -0.3 is 0 Å². The number of halogens is 2. The molecule has 0 amide bonds. The largest absolute Gasteiger partial charge is 0.276 e. The Morgan fingerprint density at radius 1 is 1.58 bits per heavy atom. The fraction of sp³-hybridized carbons (Fsp3) is 0.125. The Balaban J connectivity index is 3.33. The first kappa shape index (κ1) is 9.63. The molecular weight excluding hydrogens is 198 g/mol. The summed E-state index contributed by atoms with van der Waals surface area (Å²) in [5, 5.41) is -0.0822. The van der Waals surface area contributed by atoms with E-state index in [1.54, 1.807) is 6.92 Å². The van der Waals surface area contributed by atoms with Gasteiger partial charge in [0.2, 0.25) is 0 Å². The number of hydrogen-bond acceptors (Lipinski definition) is 1. The van der Waals surface area contributed by atoms with Gasteiger partial charge in [-0.25, -0.2) is 4.39 Å². The number of rotatable bonds is 1. The van der Waals surface area contributed by atoms with E-state index in [2.05, 4.69) is 9.24 Å². The molecule has 0 spiro atoms. The molecule has 0 aliphatic heterocycles. The van der Waals surface area contributed by atoms with E-state index in [4.69, 9.17) is 11.6 Å². The molecule has 0 saturated carbocycles. The number of benzene rings is 1. The number of carbonyl (C=O) groups is 1. The summed E-state index contributed by atoms with van der Waals surface area (Å²) in [6.07, 6.45) is 0. The van der Waals surface area contributed by atoms with E-state index < -0.39 is 5.24 Å². The average molecular weight is 205 g/mol. The molecule has 0 fully saturated rings. The van der Waals surface area contributed by atoms with Crippen LogP contribution in [0.2, 0.25) is 0 Å². The quantitative estimate of drug-likeness (QED) is 0.505. The molecule has 0 radical (unpaired) electrons. The third kappa shape index (κ3) is 1.82. The van der Waals surface area contributed by atoms with Crippen LogP contribution >= 0.6 is 20.8 Å². The van der Waals surface area contributed by atoms with Crippen LogP contribution in [-0.4, -0.2) is 5.24 Å². The van der Waals surface area contributed by atoms with Crippen LogP contribution < -0.4 is 5.30 Å². The summed E-state index contributed by atoms with van der Waals surface area (Å²) < 4.78 is 12.9. The van der Waals surface area contributed by atoms with Crippen molar-refractivity contribution in [2.45, 2.75) is 6.92 Å². The molecule has 12 heavy (non-hydrogen) atoms. The van der Waals surface area contributed by atoms with Crippen LogP contribution in [0.1, 0.15) is 15.9 Å². The lowest BCUT2D eigenvalue weighted by Gasteiger charge is -2.02. The zero-order valence-electron chi connectivity index (χ0n) is 6.40. The first-order valence-corrected chi connectivity index (χ1v) is 4.23. The van der Waals surface area contributed by atoms with Gasteiger partial charge in [-0.1, -0.05) is 0 Å². The maximum absolute atomic E-state index is 12.9. The van der Waals surface area contributed by atoms with Gasteiger partial charge in [-0.2, -0.15) is 0 Å². The summed E-state index contributed by atoms with van der Waals surface area (Å²) in [7, 11) is 2.27. The van der Waals surface area contributed by atoms with Crippen LogP contribution in [0, 0.1) is 12.7 Å². The molecule has 0 aliphatic carbocycles. The van der Waals surface area contributed by atoms with Gasteiger partial charge >= 0.3 is 0 Å². The van der Waals surface area contributed by atoms with Gasteiger partial charge in [0.1, 0.15) is 5.82 Å². The zero-order chi connectivity index (χ0) is 9.30. The van der Waals surface area contributed by atoms with E-state index >= 15 is 0 Å².